The molecule has 2 saturated heterocycles. The van der Waals surface area contributed by atoms with Crippen molar-refractivity contribution in [1.82, 2.24) is 9.62 Å². The molecule has 3 N–H and O–H groups in total. The van der Waals surface area contributed by atoms with Gasteiger partial charge in [-0.1, -0.05) is 6.07 Å². The van der Waals surface area contributed by atoms with Gasteiger partial charge in [0.2, 0.25) is 0 Å². The summed E-state index contributed by atoms with van der Waals surface area (Å²) in [4.78, 5) is 15.1. The summed E-state index contributed by atoms with van der Waals surface area (Å²) in [5.74, 6) is 0.0968. The number of amides is 1. The van der Waals surface area contributed by atoms with Crippen molar-refractivity contribution >= 4 is 27.3 Å². The van der Waals surface area contributed by atoms with Crippen molar-refractivity contribution in [2.75, 3.05) is 52.4 Å². The molecule has 3 heterocycles. The predicted molar refractivity (Wildman–Crippen MR) is 101 cm³/mol. The maximum atomic E-state index is 12.5. The number of sulfonamides is 1. The monoisotopic (exact) mass is 402 g/mol. The highest BCUT2D eigenvalue weighted by Gasteiger charge is 2.32. The average Bonchev–Trinajstić information content (AvgIpc) is 3.18. The van der Waals surface area contributed by atoms with Crippen LogP contribution in [0.25, 0.3) is 0 Å². The van der Waals surface area contributed by atoms with E-state index in [4.69, 9.17) is 0 Å². The number of nitrogens with zero attached hydrogens (tertiary/aromatic N) is 1. The standard InChI is InChI=1S/C17H28N4O3S2/c1-2-19-7-5-15(6-8-19)18-16(22)14-20-9-11-21(12-10-20)26(23,24)17-4-3-13-25-17/h3-4,13,15H,2,5-12,14H2,1H3,(H,18,22)/p+2. The Kier molecular flexibility index (Phi) is 6.68. The second kappa shape index (κ2) is 8.79. The van der Waals surface area contributed by atoms with Gasteiger partial charge >= 0.3 is 0 Å². The van der Waals surface area contributed by atoms with Gasteiger partial charge in [0.05, 0.1) is 45.8 Å². The van der Waals surface area contributed by atoms with Gasteiger partial charge in [0.1, 0.15) is 4.21 Å². The van der Waals surface area contributed by atoms with Crippen molar-refractivity contribution in [2.24, 2.45) is 0 Å². The molecule has 1 aromatic rings. The number of likely N-dealkylation sites (tertiary alicyclic amines) is 1. The lowest BCUT2D eigenvalue weighted by atomic mass is 10.1. The molecule has 0 atom stereocenters. The molecule has 2 aliphatic rings. The van der Waals surface area contributed by atoms with Crippen molar-refractivity contribution in [3.63, 3.8) is 0 Å². The van der Waals surface area contributed by atoms with E-state index in [2.05, 4.69) is 12.2 Å². The quantitative estimate of drug-likeness (QED) is 0.507. The van der Waals surface area contributed by atoms with E-state index in [1.165, 1.54) is 11.3 Å². The Balaban J connectivity index is 1.42. The van der Waals surface area contributed by atoms with Crippen LogP contribution in [-0.2, 0) is 14.8 Å². The van der Waals surface area contributed by atoms with Crippen LogP contribution >= 0.6 is 11.3 Å². The Hall–Kier alpha value is -1.00. The normalized spacial score (nSPS) is 25.9. The van der Waals surface area contributed by atoms with Gasteiger partial charge in [0.15, 0.2) is 6.54 Å². The van der Waals surface area contributed by atoms with Gasteiger partial charge in [-0.25, -0.2) is 8.42 Å². The maximum Gasteiger partial charge on any atom is 0.275 e. The Morgan fingerprint density at radius 1 is 1.23 bits per heavy atom. The number of hydrogen-bond acceptors (Lipinski definition) is 4. The minimum Gasteiger partial charge on any atom is -0.348 e. The topological polar surface area (TPSA) is 75.4 Å². The van der Waals surface area contributed by atoms with Crippen molar-refractivity contribution in [3.05, 3.63) is 17.5 Å². The number of rotatable bonds is 6. The van der Waals surface area contributed by atoms with Crippen LogP contribution in [0, 0.1) is 0 Å². The van der Waals surface area contributed by atoms with E-state index in [1.807, 2.05) is 0 Å². The largest absolute Gasteiger partial charge is 0.348 e. The molecule has 0 aliphatic carbocycles. The van der Waals surface area contributed by atoms with Gasteiger partial charge in [-0.2, -0.15) is 4.31 Å². The average molecular weight is 403 g/mol. The first-order valence-corrected chi connectivity index (χ1v) is 11.8. The third kappa shape index (κ3) is 4.83. The minimum absolute atomic E-state index is 0.0968. The molecule has 0 aromatic carbocycles. The molecule has 7 nitrogen and oxygen atoms in total. The van der Waals surface area contributed by atoms with Gasteiger partial charge in [-0.3, -0.25) is 4.79 Å². The summed E-state index contributed by atoms with van der Waals surface area (Å²) in [6.45, 7) is 8.36. The molecule has 9 heteroatoms. The predicted octanol–water partition coefficient (Wildman–Crippen LogP) is -2.18. The van der Waals surface area contributed by atoms with Crippen molar-refractivity contribution in [1.29, 1.82) is 0 Å². The van der Waals surface area contributed by atoms with Crippen molar-refractivity contribution in [3.8, 4) is 0 Å². The molecular weight excluding hydrogens is 372 g/mol. The molecular formula is C17H30N4O3S2+2. The Labute approximate surface area is 160 Å². The molecule has 3 rings (SSSR count). The number of piperazine rings is 1. The van der Waals surface area contributed by atoms with Gasteiger partial charge in [0.25, 0.3) is 15.9 Å². The summed E-state index contributed by atoms with van der Waals surface area (Å²) >= 11 is 1.25. The maximum absolute atomic E-state index is 12.5. The highest BCUT2D eigenvalue weighted by atomic mass is 32.2. The first-order chi connectivity index (χ1) is 12.5. The van der Waals surface area contributed by atoms with E-state index in [0.717, 1.165) is 37.4 Å². The molecule has 1 amide bonds. The lowest BCUT2D eigenvalue weighted by Gasteiger charge is -2.32. The summed E-state index contributed by atoms with van der Waals surface area (Å²) in [7, 11) is -3.37. The first-order valence-electron chi connectivity index (χ1n) is 9.49. The van der Waals surface area contributed by atoms with Crippen LogP contribution in [0.4, 0.5) is 0 Å². The fraction of sp³-hybridized carbons (Fsp3) is 0.706. The van der Waals surface area contributed by atoms with Gasteiger partial charge in [-0.15, -0.1) is 11.3 Å². The van der Waals surface area contributed by atoms with Crippen LogP contribution < -0.4 is 15.1 Å². The molecule has 0 spiro atoms. The van der Waals surface area contributed by atoms with Crippen LogP contribution in [0.15, 0.2) is 21.7 Å². The summed E-state index contributed by atoms with van der Waals surface area (Å²) < 4.78 is 27.0. The Morgan fingerprint density at radius 2 is 1.92 bits per heavy atom. The summed E-state index contributed by atoms with van der Waals surface area (Å²) in [5.41, 5.74) is 0. The van der Waals surface area contributed by atoms with E-state index in [9.17, 15) is 13.2 Å². The minimum atomic E-state index is -3.37. The Bertz CT molecular complexity index is 677. The fourth-order valence-corrected chi connectivity index (χ4v) is 6.37. The molecule has 0 bridgehead atoms. The molecule has 2 fully saturated rings. The number of hydrogen-bond donors (Lipinski definition) is 3. The zero-order valence-electron chi connectivity index (χ0n) is 15.4. The second-order valence-corrected chi connectivity index (χ2v) is 10.3. The Morgan fingerprint density at radius 3 is 2.50 bits per heavy atom. The van der Waals surface area contributed by atoms with E-state index < -0.39 is 10.0 Å². The molecule has 1 aromatic heterocycles. The fourth-order valence-electron chi connectivity index (χ4n) is 3.79. The van der Waals surface area contributed by atoms with Gasteiger partial charge < -0.3 is 15.1 Å². The summed E-state index contributed by atoms with van der Waals surface area (Å²) in [6.07, 6.45) is 2.11. The molecule has 2 aliphatic heterocycles. The van der Waals surface area contributed by atoms with Crippen LogP contribution in [0.2, 0.25) is 0 Å². The summed E-state index contributed by atoms with van der Waals surface area (Å²) in [6, 6.07) is 3.71. The highest BCUT2D eigenvalue weighted by molar-refractivity contribution is 7.91. The zero-order chi connectivity index (χ0) is 18.6. The molecule has 0 radical (unpaired) electrons. The number of carbonyl (C=O) groups is 1. The summed E-state index contributed by atoms with van der Waals surface area (Å²) in [5, 5.41) is 4.95. The lowest BCUT2D eigenvalue weighted by molar-refractivity contribution is -0.903. The third-order valence-electron chi connectivity index (χ3n) is 5.49. The SMILES string of the molecule is CC[NH+]1CCC(NC(=O)C[NH+]2CCN(S(=O)(=O)c3cccs3)CC2)CC1. The molecule has 26 heavy (non-hydrogen) atoms. The smallest absolute Gasteiger partial charge is 0.275 e. The molecule has 0 unspecified atom stereocenters. The first kappa shape index (κ1) is 19.8. The third-order valence-corrected chi connectivity index (χ3v) is 8.76. The van der Waals surface area contributed by atoms with E-state index >= 15 is 0 Å². The van der Waals surface area contributed by atoms with Gasteiger partial charge in [0, 0.05) is 18.9 Å². The van der Waals surface area contributed by atoms with E-state index in [1.54, 1.807) is 26.7 Å². The zero-order valence-corrected chi connectivity index (χ0v) is 17.0. The van der Waals surface area contributed by atoms with Crippen molar-refractivity contribution < 1.29 is 23.0 Å². The van der Waals surface area contributed by atoms with E-state index in [-0.39, 0.29) is 5.91 Å². The number of quaternary nitrogens is 2. The van der Waals surface area contributed by atoms with E-state index in [0.29, 0.717) is 43.0 Å². The van der Waals surface area contributed by atoms with Crippen LogP contribution in [0.5, 0.6) is 0 Å². The lowest BCUT2D eigenvalue weighted by Crippen LogP contribution is -3.16. The molecule has 0 saturated carbocycles. The second-order valence-electron chi connectivity index (χ2n) is 7.21. The number of piperidine rings is 1. The van der Waals surface area contributed by atoms with Crippen LogP contribution in [0.1, 0.15) is 19.8 Å². The van der Waals surface area contributed by atoms with Crippen molar-refractivity contribution in [2.45, 2.75) is 30.0 Å². The number of carbonyl (C=O) groups excluding carboxylic acids is 1. The van der Waals surface area contributed by atoms with Crippen LogP contribution in [0.3, 0.4) is 0 Å². The van der Waals surface area contributed by atoms with Gasteiger partial charge in [-0.05, 0) is 18.4 Å². The number of thiophene rings is 1. The van der Waals surface area contributed by atoms with Crippen LogP contribution in [-0.4, -0.2) is 77.0 Å². The number of nitrogens with one attached hydrogen (secondary N) is 3. The molecule has 146 valence electrons. The highest BCUT2D eigenvalue weighted by Crippen LogP contribution is 2.20.